The smallest absolute Gasteiger partial charge is 0.190 e. The van der Waals surface area contributed by atoms with Crippen molar-refractivity contribution in [3.05, 3.63) is 29.3 Å². The fourth-order valence-electron chi connectivity index (χ4n) is 1.25. The zero-order valence-corrected chi connectivity index (χ0v) is 10.2. The molecule has 0 saturated heterocycles. The van der Waals surface area contributed by atoms with E-state index in [4.69, 9.17) is 10.00 Å². The summed E-state index contributed by atoms with van der Waals surface area (Å²) in [5.41, 5.74) is -0.704. The maximum Gasteiger partial charge on any atom is 0.190 e. The van der Waals surface area contributed by atoms with Crippen molar-refractivity contribution in [2.24, 2.45) is 5.41 Å². The van der Waals surface area contributed by atoms with Gasteiger partial charge >= 0.3 is 0 Å². The van der Waals surface area contributed by atoms with Crippen molar-refractivity contribution in [3.63, 3.8) is 0 Å². The number of benzene rings is 1. The van der Waals surface area contributed by atoms with Crippen LogP contribution in [0.4, 0.5) is 8.78 Å². The molecule has 0 N–H and O–H groups in total. The molecule has 5 heteroatoms. The van der Waals surface area contributed by atoms with Crippen LogP contribution in [0.1, 0.15) is 30.6 Å². The Morgan fingerprint density at radius 3 is 2.39 bits per heavy atom. The minimum Gasteiger partial charge on any atom is -0.488 e. The maximum atomic E-state index is 13.4. The highest BCUT2D eigenvalue weighted by Gasteiger charge is 2.18. The maximum absolute atomic E-state index is 13.4. The van der Waals surface area contributed by atoms with E-state index in [9.17, 15) is 13.6 Å². The molecule has 96 valence electrons. The van der Waals surface area contributed by atoms with Gasteiger partial charge in [0.25, 0.3) is 0 Å². The molecular weight excluding hydrogens is 240 g/mol. The third-order valence-corrected chi connectivity index (χ3v) is 2.43. The summed E-state index contributed by atoms with van der Waals surface area (Å²) in [6, 6.07) is 3.87. The lowest BCUT2D eigenvalue weighted by molar-refractivity contribution is 0.112. The number of nitrogens with zero attached hydrogens (tertiary/aromatic N) is 1. The quantitative estimate of drug-likeness (QED) is 0.757. The van der Waals surface area contributed by atoms with Crippen LogP contribution in [-0.2, 0) is 0 Å². The summed E-state index contributed by atoms with van der Waals surface area (Å²) in [5.74, 6) is -2.37. The van der Waals surface area contributed by atoms with Crippen molar-refractivity contribution >= 4 is 6.29 Å². The average Bonchev–Trinajstić information content (AvgIpc) is 2.32. The molecule has 0 unspecified atom stereocenters. The highest BCUT2D eigenvalue weighted by atomic mass is 19.1. The van der Waals surface area contributed by atoms with Gasteiger partial charge in [-0.2, -0.15) is 5.26 Å². The summed E-state index contributed by atoms with van der Waals surface area (Å²) >= 11 is 0. The Hall–Kier alpha value is -1.96. The van der Waals surface area contributed by atoms with Crippen molar-refractivity contribution in [1.29, 1.82) is 5.26 Å². The average molecular weight is 253 g/mol. The van der Waals surface area contributed by atoms with Crippen LogP contribution in [0.3, 0.4) is 0 Å². The number of hydrogen-bond donors (Lipinski definition) is 0. The molecule has 0 atom stereocenters. The van der Waals surface area contributed by atoms with E-state index in [0.717, 1.165) is 12.1 Å². The predicted molar refractivity (Wildman–Crippen MR) is 61.3 cm³/mol. The van der Waals surface area contributed by atoms with Gasteiger partial charge in [-0.3, -0.25) is 4.79 Å². The van der Waals surface area contributed by atoms with Crippen LogP contribution in [0.15, 0.2) is 12.1 Å². The fraction of sp³-hybridized carbons (Fsp3) is 0.385. The normalized spacial score (nSPS) is 10.8. The first-order valence-corrected chi connectivity index (χ1v) is 5.38. The number of carbonyl (C=O) groups is 1. The van der Waals surface area contributed by atoms with Gasteiger partial charge in [0.2, 0.25) is 0 Å². The monoisotopic (exact) mass is 253 g/mol. The summed E-state index contributed by atoms with van der Waals surface area (Å²) in [4.78, 5) is 10.4. The molecule has 0 aliphatic heterocycles. The third-order valence-electron chi connectivity index (χ3n) is 2.43. The lowest BCUT2D eigenvalue weighted by atomic mass is 9.92. The molecule has 0 aliphatic carbocycles. The fourth-order valence-corrected chi connectivity index (χ4v) is 1.25. The molecule has 1 rings (SSSR count). The number of hydrogen-bond acceptors (Lipinski definition) is 3. The highest BCUT2D eigenvalue weighted by Crippen LogP contribution is 2.25. The van der Waals surface area contributed by atoms with Crippen LogP contribution >= 0.6 is 0 Å². The Balaban J connectivity index is 2.75. The topological polar surface area (TPSA) is 50.1 Å². The summed E-state index contributed by atoms with van der Waals surface area (Å²) in [6.07, 6.45) is 0.701. The number of aldehydes is 1. The SMILES string of the molecule is CC(C)(C#N)CCOc1c(F)cc(C=O)cc1F. The van der Waals surface area contributed by atoms with E-state index in [-0.39, 0.29) is 12.2 Å². The number of ether oxygens (including phenoxy) is 1. The zero-order valence-electron chi connectivity index (χ0n) is 10.2. The number of carbonyl (C=O) groups excluding carboxylic acids is 1. The molecule has 18 heavy (non-hydrogen) atoms. The number of halogens is 2. The van der Waals surface area contributed by atoms with Crippen molar-refractivity contribution < 1.29 is 18.3 Å². The van der Waals surface area contributed by atoms with Gasteiger partial charge in [0.15, 0.2) is 17.4 Å². The molecule has 0 bridgehead atoms. The first-order valence-electron chi connectivity index (χ1n) is 5.38. The van der Waals surface area contributed by atoms with Crippen LogP contribution in [0, 0.1) is 28.4 Å². The molecule has 0 spiro atoms. The molecule has 0 fully saturated rings. The minimum absolute atomic E-state index is 0.0227. The van der Waals surface area contributed by atoms with E-state index in [1.165, 1.54) is 0 Å². The van der Waals surface area contributed by atoms with Gasteiger partial charge in [0.1, 0.15) is 6.29 Å². The minimum atomic E-state index is -0.924. The molecule has 1 aromatic carbocycles. The Morgan fingerprint density at radius 1 is 1.39 bits per heavy atom. The molecule has 1 aromatic rings. The van der Waals surface area contributed by atoms with Crippen LogP contribution in [0.25, 0.3) is 0 Å². The van der Waals surface area contributed by atoms with E-state index >= 15 is 0 Å². The summed E-state index contributed by atoms with van der Waals surface area (Å²) in [6.45, 7) is 3.44. The largest absolute Gasteiger partial charge is 0.488 e. The lowest BCUT2D eigenvalue weighted by Crippen LogP contribution is -2.14. The molecule has 3 nitrogen and oxygen atoms in total. The van der Waals surface area contributed by atoms with Crippen molar-refractivity contribution in [2.45, 2.75) is 20.3 Å². The lowest BCUT2D eigenvalue weighted by Gasteiger charge is -2.15. The number of nitriles is 1. The Labute approximate surface area is 104 Å². The highest BCUT2D eigenvalue weighted by molar-refractivity contribution is 5.75. The van der Waals surface area contributed by atoms with E-state index in [2.05, 4.69) is 6.07 Å². The van der Waals surface area contributed by atoms with Gasteiger partial charge in [-0.15, -0.1) is 0 Å². The Morgan fingerprint density at radius 2 is 1.94 bits per heavy atom. The van der Waals surface area contributed by atoms with Crippen molar-refractivity contribution in [1.82, 2.24) is 0 Å². The van der Waals surface area contributed by atoms with Gasteiger partial charge < -0.3 is 4.74 Å². The first-order chi connectivity index (χ1) is 8.39. The van der Waals surface area contributed by atoms with Crippen LogP contribution in [0.5, 0.6) is 5.75 Å². The predicted octanol–water partition coefficient (Wildman–Crippen LogP) is 3.10. The molecule has 0 aliphatic rings. The van der Waals surface area contributed by atoms with E-state index in [1.807, 2.05) is 0 Å². The molecule has 0 heterocycles. The second-order valence-corrected chi connectivity index (χ2v) is 4.53. The number of rotatable bonds is 5. The molecule has 0 radical (unpaired) electrons. The van der Waals surface area contributed by atoms with Crippen molar-refractivity contribution in [3.8, 4) is 11.8 Å². The van der Waals surface area contributed by atoms with Gasteiger partial charge in [-0.25, -0.2) is 8.78 Å². The molecule has 0 saturated carbocycles. The molecule has 0 amide bonds. The second-order valence-electron chi connectivity index (χ2n) is 4.53. The Kier molecular flexibility index (Phi) is 4.38. The molecular formula is C13H13F2NO2. The van der Waals surface area contributed by atoms with Gasteiger partial charge in [-0.1, -0.05) is 0 Å². The van der Waals surface area contributed by atoms with E-state index < -0.39 is 22.8 Å². The van der Waals surface area contributed by atoms with E-state index in [1.54, 1.807) is 13.8 Å². The molecule has 0 aromatic heterocycles. The van der Waals surface area contributed by atoms with Crippen molar-refractivity contribution in [2.75, 3.05) is 6.61 Å². The van der Waals surface area contributed by atoms with Gasteiger partial charge in [-0.05, 0) is 32.4 Å². The zero-order chi connectivity index (χ0) is 13.8. The summed E-state index contributed by atoms with van der Waals surface area (Å²) in [7, 11) is 0. The standard InChI is InChI=1S/C13H13F2NO2/c1-13(2,8-16)3-4-18-12-10(14)5-9(7-17)6-11(12)15/h5-7H,3-4H2,1-2H3. The van der Waals surface area contributed by atoms with Crippen LogP contribution in [0.2, 0.25) is 0 Å². The second kappa shape index (κ2) is 5.58. The van der Waals surface area contributed by atoms with Gasteiger partial charge in [0.05, 0.1) is 18.1 Å². The van der Waals surface area contributed by atoms with Gasteiger partial charge in [0, 0.05) is 5.56 Å². The van der Waals surface area contributed by atoms with Crippen LogP contribution in [-0.4, -0.2) is 12.9 Å². The summed E-state index contributed by atoms with van der Waals surface area (Å²) in [5, 5.41) is 8.78. The Bertz CT molecular complexity index is 469. The van der Waals surface area contributed by atoms with Crippen LogP contribution < -0.4 is 4.74 Å². The third kappa shape index (κ3) is 3.52. The first kappa shape index (κ1) is 14.1. The van der Waals surface area contributed by atoms with E-state index in [0.29, 0.717) is 12.7 Å². The summed E-state index contributed by atoms with van der Waals surface area (Å²) < 4.78 is 31.8.